The molecule has 0 aliphatic carbocycles. The molecular weight excluding hydrogens is 232 g/mol. The molecule has 1 rings (SSSR count). The molecule has 0 aromatic heterocycles. The van der Waals surface area contributed by atoms with Crippen molar-refractivity contribution in [3.63, 3.8) is 0 Å². The molecule has 0 fully saturated rings. The quantitative estimate of drug-likeness (QED) is 0.592. The third-order valence-corrected chi connectivity index (χ3v) is 2.52. The van der Waals surface area contributed by atoms with Crippen molar-refractivity contribution in [2.24, 2.45) is 0 Å². The molecule has 0 spiro atoms. The van der Waals surface area contributed by atoms with Gasteiger partial charge in [-0.05, 0) is 26.8 Å². The van der Waals surface area contributed by atoms with Crippen LogP contribution in [0.5, 0.6) is 11.5 Å². The molecule has 1 aromatic rings. The van der Waals surface area contributed by atoms with Crippen LogP contribution in [0.3, 0.4) is 0 Å². The van der Waals surface area contributed by atoms with Crippen LogP contribution < -0.4 is 10.6 Å². The van der Waals surface area contributed by atoms with E-state index in [4.69, 9.17) is 0 Å². The normalized spacial score (nSPS) is 12.4. The van der Waals surface area contributed by atoms with E-state index in [1.807, 2.05) is 13.8 Å². The molecule has 1 atom stereocenters. The van der Waals surface area contributed by atoms with Gasteiger partial charge < -0.3 is 20.8 Å². The molecule has 0 aliphatic heterocycles. The molecule has 0 heterocycles. The van der Waals surface area contributed by atoms with Crippen LogP contribution in [0.4, 0.5) is 0 Å². The Morgan fingerprint density at radius 3 is 2.56 bits per heavy atom. The summed E-state index contributed by atoms with van der Waals surface area (Å²) in [6.45, 7) is 5.85. The first-order valence-electron chi connectivity index (χ1n) is 5.95. The third-order valence-electron chi connectivity index (χ3n) is 2.52. The van der Waals surface area contributed by atoms with E-state index in [0.717, 1.165) is 0 Å². The molecule has 1 unspecified atom stereocenters. The highest BCUT2D eigenvalue weighted by atomic mass is 16.3. The number of phenolic OH excluding ortho intramolecular Hbond substituents is 2. The molecule has 0 radical (unpaired) electrons. The summed E-state index contributed by atoms with van der Waals surface area (Å²) in [5, 5.41) is 24.7. The Kier molecular flexibility index (Phi) is 4.97. The Morgan fingerprint density at radius 1 is 1.28 bits per heavy atom. The van der Waals surface area contributed by atoms with Gasteiger partial charge in [0.15, 0.2) is 11.5 Å². The molecule has 0 saturated carbocycles. The Balaban J connectivity index is 2.55. The van der Waals surface area contributed by atoms with Crippen LogP contribution >= 0.6 is 0 Å². The van der Waals surface area contributed by atoms with Crippen molar-refractivity contribution in [1.82, 2.24) is 10.6 Å². The van der Waals surface area contributed by atoms with Gasteiger partial charge in [0, 0.05) is 18.2 Å². The zero-order valence-electron chi connectivity index (χ0n) is 10.9. The van der Waals surface area contributed by atoms with Crippen LogP contribution in [-0.2, 0) is 11.3 Å². The van der Waals surface area contributed by atoms with Crippen LogP contribution in [0.2, 0.25) is 0 Å². The Bertz CT molecular complexity index is 419. The lowest BCUT2D eigenvalue weighted by Gasteiger charge is -2.16. The number of phenols is 2. The van der Waals surface area contributed by atoms with E-state index in [0.29, 0.717) is 12.1 Å². The van der Waals surface area contributed by atoms with E-state index in [9.17, 15) is 15.0 Å². The van der Waals surface area contributed by atoms with E-state index >= 15 is 0 Å². The average molecular weight is 252 g/mol. The number of carbonyl (C=O) groups excluding carboxylic acids is 1. The number of carbonyl (C=O) groups is 1. The van der Waals surface area contributed by atoms with Gasteiger partial charge in [-0.2, -0.15) is 0 Å². The second kappa shape index (κ2) is 6.26. The van der Waals surface area contributed by atoms with E-state index < -0.39 is 0 Å². The number of amides is 1. The van der Waals surface area contributed by atoms with Crippen LogP contribution in [0.15, 0.2) is 18.2 Å². The fraction of sp³-hybridized carbons (Fsp3) is 0.462. The van der Waals surface area contributed by atoms with Gasteiger partial charge >= 0.3 is 0 Å². The predicted molar refractivity (Wildman–Crippen MR) is 69.4 cm³/mol. The lowest BCUT2D eigenvalue weighted by molar-refractivity contribution is -0.123. The van der Waals surface area contributed by atoms with E-state index in [1.165, 1.54) is 6.07 Å². The predicted octanol–water partition coefficient (Wildman–Crippen LogP) is 1.10. The Hall–Kier alpha value is -1.75. The number of nitrogens with one attached hydrogen (secondary N) is 2. The van der Waals surface area contributed by atoms with Crippen LogP contribution in [-0.4, -0.2) is 28.2 Å². The average Bonchev–Trinajstić information content (AvgIpc) is 2.29. The topological polar surface area (TPSA) is 81.6 Å². The van der Waals surface area contributed by atoms with Crippen molar-refractivity contribution in [1.29, 1.82) is 0 Å². The standard InChI is InChI=1S/C13H20N2O3/c1-8(2)15-13(18)9(3)14-7-10-5-4-6-11(16)12(10)17/h4-6,8-9,14,16-17H,7H2,1-3H3,(H,15,18). The maximum absolute atomic E-state index is 11.6. The van der Waals surface area contributed by atoms with E-state index in [-0.39, 0.29) is 29.5 Å². The van der Waals surface area contributed by atoms with Crippen LogP contribution in [0, 0.1) is 0 Å². The minimum absolute atomic E-state index is 0.0929. The molecule has 1 aromatic carbocycles. The SMILES string of the molecule is CC(C)NC(=O)C(C)NCc1cccc(O)c1O. The molecule has 0 aliphatic rings. The van der Waals surface area contributed by atoms with E-state index in [1.54, 1.807) is 19.1 Å². The van der Waals surface area contributed by atoms with Crippen LogP contribution in [0.25, 0.3) is 0 Å². The maximum Gasteiger partial charge on any atom is 0.237 e. The minimum atomic E-state index is -0.367. The van der Waals surface area contributed by atoms with Gasteiger partial charge in [0.05, 0.1) is 6.04 Å². The van der Waals surface area contributed by atoms with Crippen molar-refractivity contribution in [2.45, 2.75) is 39.4 Å². The first-order chi connectivity index (χ1) is 8.41. The van der Waals surface area contributed by atoms with Crippen molar-refractivity contribution in [2.75, 3.05) is 0 Å². The smallest absolute Gasteiger partial charge is 0.237 e. The largest absolute Gasteiger partial charge is 0.504 e. The van der Waals surface area contributed by atoms with E-state index in [2.05, 4.69) is 10.6 Å². The van der Waals surface area contributed by atoms with Crippen molar-refractivity contribution in [3.8, 4) is 11.5 Å². The van der Waals surface area contributed by atoms with Gasteiger partial charge in [0.25, 0.3) is 0 Å². The molecule has 1 amide bonds. The fourth-order valence-electron chi connectivity index (χ4n) is 1.49. The molecule has 0 bridgehead atoms. The molecular formula is C13H20N2O3. The Labute approximate surface area is 107 Å². The number of hydrogen-bond acceptors (Lipinski definition) is 4. The first-order valence-corrected chi connectivity index (χ1v) is 5.95. The zero-order valence-corrected chi connectivity index (χ0v) is 10.9. The van der Waals surface area contributed by atoms with Gasteiger partial charge in [0.1, 0.15) is 0 Å². The van der Waals surface area contributed by atoms with Gasteiger partial charge in [-0.15, -0.1) is 0 Å². The van der Waals surface area contributed by atoms with Crippen molar-refractivity contribution in [3.05, 3.63) is 23.8 Å². The zero-order chi connectivity index (χ0) is 13.7. The van der Waals surface area contributed by atoms with Crippen LogP contribution in [0.1, 0.15) is 26.3 Å². The second-order valence-corrected chi connectivity index (χ2v) is 4.55. The highest BCUT2D eigenvalue weighted by molar-refractivity contribution is 5.81. The van der Waals surface area contributed by atoms with Gasteiger partial charge in [-0.3, -0.25) is 4.79 Å². The monoisotopic (exact) mass is 252 g/mol. The fourth-order valence-corrected chi connectivity index (χ4v) is 1.49. The number of para-hydroxylation sites is 1. The Morgan fingerprint density at radius 2 is 1.94 bits per heavy atom. The highest BCUT2D eigenvalue weighted by Gasteiger charge is 2.14. The number of rotatable bonds is 5. The van der Waals surface area contributed by atoms with Gasteiger partial charge in [-0.1, -0.05) is 12.1 Å². The van der Waals surface area contributed by atoms with Gasteiger partial charge in [-0.25, -0.2) is 0 Å². The number of benzene rings is 1. The molecule has 18 heavy (non-hydrogen) atoms. The second-order valence-electron chi connectivity index (χ2n) is 4.55. The lowest BCUT2D eigenvalue weighted by Crippen LogP contribution is -2.44. The molecule has 0 saturated heterocycles. The lowest BCUT2D eigenvalue weighted by atomic mass is 10.1. The summed E-state index contributed by atoms with van der Waals surface area (Å²) in [5.74, 6) is -0.403. The summed E-state index contributed by atoms with van der Waals surface area (Å²) in [4.78, 5) is 11.6. The molecule has 100 valence electrons. The third kappa shape index (κ3) is 3.92. The molecule has 5 nitrogen and oxygen atoms in total. The van der Waals surface area contributed by atoms with Crippen molar-refractivity contribution < 1.29 is 15.0 Å². The number of hydrogen-bond donors (Lipinski definition) is 4. The molecule has 4 N–H and O–H groups in total. The molecule has 5 heteroatoms. The number of aromatic hydroxyl groups is 2. The maximum atomic E-state index is 11.6. The summed E-state index contributed by atoms with van der Waals surface area (Å²) in [6.07, 6.45) is 0. The summed E-state index contributed by atoms with van der Waals surface area (Å²) < 4.78 is 0. The van der Waals surface area contributed by atoms with Gasteiger partial charge in [0.2, 0.25) is 5.91 Å². The highest BCUT2D eigenvalue weighted by Crippen LogP contribution is 2.27. The summed E-state index contributed by atoms with van der Waals surface area (Å²) in [6, 6.07) is 4.47. The summed E-state index contributed by atoms with van der Waals surface area (Å²) >= 11 is 0. The first kappa shape index (κ1) is 14.3. The summed E-state index contributed by atoms with van der Waals surface area (Å²) in [5.41, 5.74) is 0.555. The van der Waals surface area contributed by atoms with Crippen molar-refractivity contribution >= 4 is 5.91 Å². The summed E-state index contributed by atoms with van der Waals surface area (Å²) in [7, 11) is 0. The minimum Gasteiger partial charge on any atom is -0.504 e.